The van der Waals surface area contributed by atoms with Gasteiger partial charge in [0.1, 0.15) is 0 Å². The fraction of sp³-hybridized carbons (Fsp3) is 0.0714. The second-order valence-electron chi connectivity index (χ2n) is 4.29. The topological polar surface area (TPSA) is 41.3 Å². The second kappa shape index (κ2) is 7.29. The predicted octanol–water partition coefficient (Wildman–Crippen LogP) is 4.72. The molecule has 0 aliphatic carbocycles. The Balaban J connectivity index is 2.08. The number of rotatable bonds is 3. The number of benzene rings is 2. The zero-order valence-electron chi connectivity index (χ0n) is 10.8. The predicted molar refractivity (Wildman–Crippen MR) is 93.9 cm³/mol. The van der Waals surface area contributed by atoms with E-state index in [4.69, 9.17) is 52.9 Å². The molecule has 0 radical (unpaired) electrons. The molecule has 0 bridgehead atoms. The van der Waals surface area contributed by atoms with Crippen LogP contribution in [-0.2, 0) is 6.54 Å². The monoisotopic (exact) mass is 359 g/mol. The molecule has 0 amide bonds. The highest BCUT2D eigenvalue weighted by Gasteiger charge is 2.12. The number of halogens is 3. The van der Waals surface area contributed by atoms with Gasteiger partial charge in [0.15, 0.2) is 5.11 Å². The molecule has 21 heavy (non-hydrogen) atoms. The van der Waals surface area contributed by atoms with Gasteiger partial charge in [-0.3, -0.25) is 5.01 Å². The van der Waals surface area contributed by atoms with E-state index >= 15 is 0 Å². The number of nitrogens with one attached hydrogen (secondary N) is 1. The zero-order chi connectivity index (χ0) is 15.4. The van der Waals surface area contributed by atoms with Gasteiger partial charge in [0.25, 0.3) is 0 Å². The van der Waals surface area contributed by atoms with Crippen LogP contribution >= 0.6 is 47.0 Å². The van der Waals surface area contributed by atoms with Crippen LogP contribution in [0.3, 0.4) is 0 Å². The Morgan fingerprint density at radius 2 is 1.67 bits per heavy atom. The first-order valence-corrected chi connectivity index (χ1v) is 7.53. The van der Waals surface area contributed by atoms with Crippen molar-refractivity contribution in [3.63, 3.8) is 0 Å². The molecule has 2 aromatic rings. The number of hydrogen-bond acceptors (Lipinski definition) is 2. The van der Waals surface area contributed by atoms with E-state index in [1.54, 1.807) is 12.1 Å². The highest BCUT2D eigenvalue weighted by atomic mass is 35.5. The fourth-order valence-corrected chi connectivity index (χ4v) is 2.77. The van der Waals surface area contributed by atoms with Crippen molar-refractivity contribution in [3.8, 4) is 0 Å². The summed E-state index contributed by atoms with van der Waals surface area (Å²) in [6.45, 7) is 0.468. The van der Waals surface area contributed by atoms with Gasteiger partial charge in [0.05, 0.1) is 22.3 Å². The third-order valence-electron chi connectivity index (χ3n) is 2.70. The summed E-state index contributed by atoms with van der Waals surface area (Å²) >= 11 is 23.3. The van der Waals surface area contributed by atoms with E-state index in [1.807, 2.05) is 30.3 Å². The van der Waals surface area contributed by atoms with Gasteiger partial charge in [0, 0.05) is 5.02 Å². The van der Waals surface area contributed by atoms with Crippen LogP contribution in [-0.4, -0.2) is 10.1 Å². The van der Waals surface area contributed by atoms with Crippen molar-refractivity contribution >= 4 is 57.8 Å². The molecule has 0 aromatic heterocycles. The van der Waals surface area contributed by atoms with Crippen molar-refractivity contribution in [2.45, 2.75) is 6.54 Å². The molecule has 2 aromatic carbocycles. The lowest BCUT2D eigenvalue weighted by molar-refractivity contribution is 0.441. The van der Waals surface area contributed by atoms with Crippen LogP contribution in [0, 0.1) is 0 Å². The summed E-state index contributed by atoms with van der Waals surface area (Å²) in [7, 11) is 0. The van der Waals surface area contributed by atoms with E-state index in [9.17, 15) is 0 Å². The van der Waals surface area contributed by atoms with E-state index in [2.05, 4.69) is 5.32 Å². The maximum atomic E-state index is 6.09. The van der Waals surface area contributed by atoms with Gasteiger partial charge in [-0.2, -0.15) is 0 Å². The average molecular weight is 361 g/mol. The quantitative estimate of drug-likeness (QED) is 0.472. The first-order valence-electron chi connectivity index (χ1n) is 5.99. The van der Waals surface area contributed by atoms with Crippen molar-refractivity contribution < 1.29 is 0 Å². The van der Waals surface area contributed by atoms with Crippen molar-refractivity contribution in [3.05, 3.63) is 63.1 Å². The molecule has 0 fully saturated rings. The number of anilines is 1. The molecule has 2 rings (SSSR count). The Labute approximate surface area is 143 Å². The lowest BCUT2D eigenvalue weighted by Gasteiger charge is -2.21. The molecule has 110 valence electrons. The summed E-state index contributed by atoms with van der Waals surface area (Å²) in [5.74, 6) is 5.94. The van der Waals surface area contributed by atoms with E-state index in [0.29, 0.717) is 32.4 Å². The van der Waals surface area contributed by atoms with E-state index < -0.39 is 0 Å². The minimum absolute atomic E-state index is 0.310. The van der Waals surface area contributed by atoms with Gasteiger partial charge in [-0.15, -0.1) is 0 Å². The van der Waals surface area contributed by atoms with Crippen LogP contribution in [0.2, 0.25) is 15.1 Å². The largest absolute Gasteiger partial charge is 0.329 e. The number of hydrogen-bond donors (Lipinski definition) is 2. The average Bonchev–Trinajstić information content (AvgIpc) is 2.43. The summed E-state index contributed by atoms with van der Waals surface area (Å²) in [6.07, 6.45) is 0. The maximum absolute atomic E-state index is 6.09. The van der Waals surface area contributed by atoms with Crippen molar-refractivity contribution in [1.29, 1.82) is 0 Å². The van der Waals surface area contributed by atoms with Crippen molar-refractivity contribution in [2.75, 3.05) is 5.32 Å². The Morgan fingerprint density at radius 1 is 1.10 bits per heavy atom. The third-order valence-corrected chi connectivity index (χ3v) is 3.85. The molecule has 3 nitrogen and oxygen atoms in total. The standard InChI is InChI=1S/C14H12Cl3N3S/c15-10-6-11(16)13(12(17)7-10)19-14(21)20(18)8-9-4-2-1-3-5-9/h1-7H,8,18H2,(H,19,21). The van der Waals surface area contributed by atoms with Crippen LogP contribution in [0.5, 0.6) is 0 Å². The molecule has 7 heteroatoms. The summed E-state index contributed by atoms with van der Waals surface area (Å²) < 4.78 is 0. The molecule has 0 aliphatic heterocycles. The SMILES string of the molecule is NN(Cc1ccccc1)C(=S)Nc1c(Cl)cc(Cl)cc1Cl. The summed E-state index contributed by atoms with van der Waals surface area (Å²) in [5, 5.41) is 5.86. The molecule has 0 unspecified atom stereocenters. The lowest BCUT2D eigenvalue weighted by Crippen LogP contribution is -2.39. The Hall–Kier alpha value is -1.04. The Kier molecular flexibility index (Phi) is 5.67. The lowest BCUT2D eigenvalue weighted by atomic mass is 10.2. The fourth-order valence-electron chi connectivity index (χ4n) is 1.69. The van der Waals surface area contributed by atoms with Gasteiger partial charge >= 0.3 is 0 Å². The number of nitrogens with two attached hydrogens (primary N) is 1. The Morgan fingerprint density at radius 3 is 2.24 bits per heavy atom. The molecule has 3 N–H and O–H groups in total. The van der Waals surface area contributed by atoms with Crippen molar-refractivity contribution in [2.24, 2.45) is 5.84 Å². The first kappa shape index (κ1) is 16.3. The second-order valence-corrected chi connectivity index (χ2v) is 5.93. The molecule has 0 spiro atoms. The van der Waals surface area contributed by atoms with Gasteiger partial charge in [-0.25, -0.2) is 5.84 Å². The smallest absolute Gasteiger partial charge is 0.188 e. The van der Waals surface area contributed by atoms with E-state index in [0.717, 1.165) is 5.56 Å². The first-order chi connectivity index (χ1) is 9.97. The van der Waals surface area contributed by atoms with Crippen LogP contribution < -0.4 is 11.2 Å². The van der Waals surface area contributed by atoms with Gasteiger partial charge in [0.2, 0.25) is 0 Å². The molecule has 0 saturated heterocycles. The minimum atomic E-state index is 0.310. The minimum Gasteiger partial charge on any atom is -0.329 e. The normalized spacial score (nSPS) is 10.3. The summed E-state index contributed by atoms with van der Waals surface area (Å²) in [6, 6.07) is 12.9. The molecule has 0 saturated carbocycles. The van der Waals surface area contributed by atoms with Gasteiger partial charge < -0.3 is 5.32 Å². The summed E-state index contributed by atoms with van der Waals surface area (Å²) in [5.41, 5.74) is 1.52. The highest BCUT2D eigenvalue weighted by molar-refractivity contribution is 7.80. The summed E-state index contributed by atoms with van der Waals surface area (Å²) in [4.78, 5) is 0. The zero-order valence-corrected chi connectivity index (χ0v) is 13.9. The molecule has 0 aliphatic rings. The molecule has 0 atom stereocenters. The maximum Gasteiger partial charge on any atom is 0.188 e. The Bertz CT molecular complexity index is 626. The molecule has 0 heterocycles. The van der Waals surface area contributed by atoms with Crippen LogP contribution in [0.1, 0.15) is 5.56 Å². The highest BCUT2D eigenvalue weighted by Crippen LogP contribution is 2.33. The van der Waals surface area contributed by atoms with Crippen LogP contribution in [0.15, 0.2) is 42.5 Å². The van der Waals surface area contributed by atoms with E-state index in [1.165, 1.54) is 5.01 Å². The van der Waals surface area contributed by atoms with Crippen LogP contribution in [0.25, 0.3) is 0 Å². The molecular weight excluding hydrogens is 349 g/mol. The number of hydrazine groups is 1. The van der Waals surface area contributed by atoms with Crippen LogP contribution in [0.4, 0.5) is 5.69 Å². The third kappa shape index (κ3) is 4.46. The van der Waals surface area contributed by atoms with Gasteiger partial charge in [-0.1, -0.05) is 65.1 Å². The number of thiocarbonyl (C=S) groups is 1. The van der Waals surface area contributed by atoms with Gasteiger partial charge in [-0.05, 0) is 29.9 Å². The van der Waals surface area contributed by atoms with Crippen molar-refractivity contribution in [1.82, 2.24) is 5.01 Å². The van der Waals surface area contributed by atoms with E-state index in [-0.39, 0.29) is 0 Å². The molecular formula is C14H12Cl3N3S. The number of nitrogens with zero attached hydrogens (tertiary/aromatic N) is 1.